The Morgan fingerprint density at radius 1 is 0.952 bits per heavy atom. The first-order chi connectivity index (χ1) is 9.83. The van der Waals surface area contributed by atoms with Gasteiger partial charge in [-0.15, -0.1) is 0 Å². The van der Waals surface area contributed by atoms with Crippen molar-refractivity contribution in [3.05, 3.63) is 20.1 Å². The second-order valence-corrected chi connectivity index (χ2v) is 10.1. The molecular weight excluding hydrogens is 544 g/mol. The van der Waals surface area contributed by atoms with Gasteiger partial charge >= 0.3 is 0 Å². The Morgan fingerprint density at radius 3 is 2.38 bits per heavy atom. The Bertz CT molecular complexity index is 649. The molecule has 2 saturated heterocycles. The quantitative estimate of drug-likeness (QED) is 0.290. The number of phenolic OH excluding ortho intramolecular Hbond substituents is 2. The summed E-state index contributed by atoms with van der Waals surface area (Å²) >= 11 is 13.6. The van der Waals surface area contributed by atoms with E-state index in [0.29, 0.717) is 21.1 Å². The van der Waals surface area contributed by atoms with Crippen LogP contribution in [0.2, 0.25) is 0 Å². The Morgan fingerprint density at radius 2 is 1.67 bits per heavy atom. The van der Waals surface area contributed by atoms with E-state index in [1.54, 1.807) is 0 Å². The molecular formula is C12H8Br4O5. The van der Waals surface area contributed by atoms with Gasteiger partial charge in [0.1, 0.15) is 24.4 Å². The Hall–Kier alpha value is 0.620. The summed E-state index contributed by atoms with van der Waals surface area (Å²) in [5, 5.41) is 20.4. The standard InChI is InChI=1S/C12H8Br4O5/c13-5-3-4(7(17)8(18)6(5)14)10-11(21-10)12(15,16)19-1-2-9(3)20-2/h2,9-11,17-18H,1H2. The monoisotopic (exact) mass is 548 g/mol. The Balaban J connectivity index is 1.93. The van der Waals surface area contributed by atoms with E-state index >= 15 is 0 Å². The molecule has 1 aromatic rings. The number of fused-ring (bicyclic) bond motifs is 5. The van der Waals surface area contributed by atoms with Crippen LogP contribution in [0.15, 0.2) is 8.95 Å². The van der Waals surface area contributed by atoms with Crippen LogP contribution in [0.4, 0.5) is 0 Å². The van der Waals surface area contributed by atoms with Gasteiger partial charge in [-0.1, -0.05) is 0 Å². The smallest absolute Gasteiger partial charge is 0.207 e. The van der Waals surface area contributed by atoms with Crippen LogP contribution in [0, 0.1) is 0 Å². The highest BCUT2D eigenvalue weighted by molar-refractivity contribution is 9.25. The molecule has 0 bridgehead atoms. The largest absolute Gasteiger partial charge is 0.504 e. The summed E-state index contributed by atoms with van der Waals surface area (Å²) in [5.74, 6) is -0.415. The second kappa shape index (κ2) is 4.81. The van der Waals surface area contributed by atoms with Crippen LogP contribution in [0.5, 0.6) is 11.5 Å². The fourth-order valence-electron chi connectivity index (χ4n) is 2.65. The fourth-order valence-corrected chi connectivity index (χ4v) is 4.64. The van der Waals surface area contributed by atoms with E-state index in [1.165, 1.54) is 0 Å². The average Bonchev–Trinajstić information content (AvgIpc) is 3.30. The van der Waals surface area contributed by atoms with E-state index in [9.17, 15) is 10.2 Å². The van der Waals surface area contributed by atoms with Crippen LogP contribution in [-0.4, -0.2) is 32.4 Å². The molecule has 5 nitrogen and oxygen atoms in total. The first-order valence-corrected chi connectivity index (χ1v) is 9.25. The molecule has 1 aromatic carbocycles. The molecule has 9 heteroatoms. The lowest BCUT2D eigenvalue weighted by Gasteiger charge is -2.18. The molecule has 0 saturated carbocycles. The zero-order chi connectivity index (χ0) is 15.1. The molecule has 0 aliphatic carbocycles. The maximum absolute atomic E-state index is 10.4. The SMILES string of the molecule is Oc1c(O)c2c(c(Br)c1Br)C1OC1COC(Br)(Br)C1OC21. The minimum Gasteiger partial charge on any atom is -0.504 e. The van der Waals surface area contributed by atoms with Gasteiger partial charge in [-0.2, -0.15) is 0 Å². The highest BCUT2D eigenvalue weighted by Crippen LogP contribution is 2.62. The number of halogens is 4. The minimum atomic E-state index is -0.843. The van der Waals surface area contributed by atoms with E-state index in [0.717, 1.165) is 5.56 Å². The molecule has 21 heavy (non-hydrogen) atoms. The number of rotatable bonds is 0. The molecule has 114 valence electrons. The lowest BCUT2D eigenvalue weighted by molar-refractivity contribution is 0.0663. The third-order valence-corrected chi connectivity index (χ3v) is 7.31. The fraction of sp³-hybridized carbons (Fsp3) is 0.500. The van der Waals surface area contributed by atoms with Crippen LogP contribution in [0.25, 0.3) is 0 Å². The van der Waals surface area contributed by atoms with Gasteiger partial charge in [0, 0.05) is 15.6 Å². The molecule has 0 aromatic heterocycles. The number of ether oxygens (including phenoxy) is 3. The first-order valence-electron chi connectivity index (χ1n) is 6.08. The number of hydrogen-bond acceptors (Lipinski definition) is 5. The van der Waals surface area contributed by atoms with Crippen molar-refractivity contribution in [3.8, 4) is 11.5 Å². The van der Waals surface area contributed by atoms with Crippen molar-refractivity contribution in [3.63, 3.8) is 0 Å². The van der Waals surface area contributed by atoms with Gasteiger partial charge in [-0.25, -0.2) is 0 Å². The van der Waals surface area contributed by atoms with E-state index in [4.69, 9.17) is 14.2 Å². The van der Waals surface area contributed by atoms with Crippen LogP contribution in [0.1, 0.15) is 23.3 Å². The third kappa shape index (κ3) is 2.23. The summed E-state index contributed by atoms with van der Waals surface area (Å²) in [4.78, 5) is 0. The van der Waals surface area contributed by atoms with Gasteiger partial charge in [-0.3, -0.25) is 0 Å². The summed E-state index contributed by atoms with van der Waals surface area (Å²) in [6, 6.07) is 0. The third-order valence-electron chi connectivity index (χ3n) is 3.82. The van der Waals surface area contributed by atoms with Gasteiger partial charge in [0.25, 0.3) is 0 Å². The lowest BCUT2D eigenvalue weighted by Crippen LogP contribution is -2.26. The minimum absolute atomic E-state index is 0.0946. The normalized spacial score (nSPS) is 35.6. The molecule has 0 amide bonds. The second-order valence-electron chi connectivity index (χ2n) is 5.10. The van der Waals surface area contributed by atoms with E-state index in [1.807, 2.05) is 0 Å². The first kappa shape index (κ1) is 15.2. The molecule has 2 N–H and O–H groups in total. The molecule has 2 fully saturated rings. The van der Waals surface area contributed by atoms with Gasteiger partial charge in [-0.05, 0) is 63.7 Å². The highest BCUT2D eigenvalue weighted by atomic mass is 79.9. The number of hydrogen-bond donors (Lipinski definition) is 2. The average molecular weight is 552 g/mol. The molecule has 4 rings (SSSR count). The Kier molecular flexibility index (Phi) is 3.47. The van der Waals surface area contributed by atoms with Crippen molar-refractivity contribution in [2.75, 3.05) is 6.61 Å². The summed E-state index contributed by atoms with van der Waals surface area (Å²) < 4.78 is 17.3. The van der Waals surface area contributed by atoms with Crippen LogP contribution >= 0.6 is 63.7 Å². The molecule has 0 radical (unpaired) electrons. The van der Waals surface area contributed by atoms with Crippen LogP contribution in [-0.2, 0) is 14.2 Å². The van der Waals surface area contributed by atoms with E-state index in [-0.39, 0.29) is 29.8 Å². The predicted molar refractivity (Wildman–Crippen MR) is 86.9 cm³/mol. The predicted octanol–water partition coefficient (Wildman–Crippen LogP) is 3.98. The van der Waals surface area contributed by atoms with Crippen LogP contribution in [0.3, 0.4) is 0 Å². The number of aromatic hydroxyl groups is 2. The number of benzene rings is 1. The molecule has 3 heterocycles. The molecule has 4 unspecified atom stereocenters. The van der Waals surface area contributed by atoms with E-state index < -0.39 is 9.52 Å². The van der Waals surface area contributed by atoms with Crippen LogP contribution < -0.4 is 0 Å². The summed E-state index contributed by atoms with van der Waals surface area (Å²) in [6.45, 7) is 0.388. The van der Waals surface area contributed by atoms with Crippen molar-refractivity contribution < 1.29 is 24.4 Å². The number of alkyl halides is 2. The van der Waals surface area contributed by atoms with Gasteiger partial charge in [0.2, 0.25) is 3.42 Å². The maximum atomic E-state index is 10.4. The maximum Gasteiger partial charge on any atom is 0.207 e. The van der Waals surface area contributed by atoms with Crippen molar-refractivity contribution in [2.45, 2.75) is 27.8 Å². The topological polar surface area (TPSA) is 74.8 Å². The molecule has 4 atom stereocenters. The number of phenols is 2. The van der Waals surface area contributed by atoms with Gasteiger partial charge < -0.3 is 24.4 Å². The molecule has 3 aliphatic rings. The summed E-state index contributed by atoms with van der Waals surface area (Å²) in [6.07, 6.45) is -0.997. The van der Waals surface area contributed by atoms with Crippen molar-refractivity contribution in [2.24, 2.45) is 0 Å². The number of epoxide rings is 2. The van der Waals surface area contributed by atoms with Crippen molar-refractivity contribution in [1.29, 1.82) is 0 Å². The van der Waals surface area contributed by atoms with Crippen molar-refractivity contribution in [1.82, 2.24) is 0 Å². The van der Waals surface area contributed by atoms with Crippen molar-refractivity contribution >= 4 is 63.7 Å². The summed E-state index contributed by atoms with van der Waals surface area (Å²) in [7, 11) is 0. The van der Waals surface area contributed by atoms with Gasteiger partial charge in [0.05, 0.1) is 11.1 Å². The lowest BCUT2D eigenvalue weighted by atomic mass is 9.97. The zero-order valence-corrected chi connectivity index (χ0v) is 16.5. The van der Waals surface area contributed by atoms with E-state index in [2.05, 4.69) is 63.7 Å². The summed E-state index contributed by atoms with van der Waals surface area (Å²) in [5.41, 5.74) is 1.32. The van der Waals surface area contributed by atoms with Gasteiger partial charge in [0.15, 0.2) is 11.5 Å². The molecule has 0 spiro atoms. The molecule has 3 aliphatic heterocycles. The Labute approximate surface area is 153 Å². The zero-order valence-electron chi connectivity index (χ0n) is 10.1. The highest BCUT2D eigenvalue weighted by Gasteiger charge is 2.60.